The molecule has 29 heavy (non-hydrogen) atoms. The predicted octanol–water partition coefficient (Wildman–Crippen LogP) is 3.74. The molecule has 1 aromatic heterocycles. The number of rotatable bonds is 3. The van der Waals surface area contributed by atoms with Gasteiger partial charge in [-0.1, -0.05) is 53.6 Å². The fourth-order valence-electron chi connectivity index (χ4n) is 3.68. The van der Waals surface area contributed by atoms with Crippen molar-refractivity contribution in [2.45, 2.75) is 18.9 Å². The average Bonchev–Trinajstić information content (AvgIpc) is 3.12. The minimum Gasteiger partial charge on any atom is -0.383 e. The summed E-state index contributed by atoms with van der Waals surface area (Å²) in [5, 5.41) is 11.6. The van der Waals surface area contributed by atoms with Gasteiger partial charge in [0.2, 0.25) is 0 Å². The third kappa shape index (κ3) is 3.84. The van der Waals surface area contributed by atoms with E-state index in [1.807, 2.05) is 31.2 Å². The van der Waals surface area contributed by atoms with Gasteiger partial charge in [-0.05, 0) is 48.7 Å². The molecule has 4 rings (SSSR count). The summed E-state index contributed by atoms with van der Waals surface area (Å²) in [6.07, 6.45) is 0.433. The second-order valence-electron chi connectivity index (χ2n) is 7.50. The fourth-order valence-corrected chi connectivity index (χ4v) is 3.80. The highest BCUT2D eigenvalue weighted by atomic mass is 35.5. The SMILES string of the molecule is Cc1ccc(C2(O)CCN(C(=O)c3ccc(-c4ccc(Cl)cc4)[nH]c3=O)C2)cc1. The maximum atomic E-state index is 12.9. The Bertz CT molecular complexity index is 1110. The third-order valence-corrected chi connectivity index (χ3v) is 5.67. The summed E-state index contributed by atoms with van der Waals surface area (Å²) in [5.41, 5.74) is 1.82. The van der Waals surface area contributed by atoms with Crippen LogP contribution in [-0.2, 0) is 5.60 Å². The summed E-state index contributed by atoms with van der Waals surface area (Å²) in [7, 11) is 0. The molecule has 0 spiro atoms. The van der Waals surface area contributed by atoms with Gasteiger partial charge in [0.15, 0.2) is 0 Å². The lowest BCUT2D eigenvalue weighted by molar-refractivity contribution is 0.0417. The molecule has 2 aromatic carbocycles. The Morgan fingerprint density at radius 1 is 1.07 bits per heavy atom. The number of benzene rings is 2. The third-order valence-electron chi connectivity index (χ3n) is 5.42. The Labute approximate surface area is 173 Å². The lowest BCUT2D eigenvalue weighted by Gasteiger charge is -2.24. The molecule has 1 unspecified atom stereocenters. The predicted molar refractivity (Wildman–Crippen MR) is 113 cm³/mol. The second-order valence-corrected chi connectivity index (χ2v) is 7.93. The van der Waals surface area contributed by atoms with Gasteiger partial charge in [0.1, 0.15) is 11.2 Å². The summed E-state index contributed by atoms with van der Waals surface area (Å²) >= 11 is 5.90. The van der Waals surface area contributed by atoms with E-state index >= 15 is 0 Å². The first-order valence-electron chi connectivity index (χ1n) is 9.44. The molecule has 148 valence electrons. The standard InChI is InChI=1S/C23H21ClN2O3/c1-15-2-6-17(7-3-15)23(29)12-13-26(14-23)22(28)19-10-11-20(25-21(19)27)16-4-8-18(24)9-5-16/h2-11,29H,12-14H2,1H3,(H,25,27). The number of aryl methyl sites for hydroxylation is 1. The molecule has 1 saturated heterocycles. The van der Waals surface area contributed by atoms with Crippen molar-refractivity contribution in [3.63, 3.8) is 0 Å². The number of amides is 1. The van der Waals surface area contributed by atoms with E-state index < -0.39 is 11.2 Å². The fraction of sp³-hybridized carbons (Fsp3) is 0.217. The molecule has 6 heteroatoms. The Morgan fingerprint density at radius 2 is 1.76 bits per heavy atom. The number of pyridine rings is 1. The molecule has 1 atom stereocenters. The second kappa shape index (κ2) is 7.50. The van der Waals surface area contributed by atoms with Gasteiger partial charge in [0, 0.05) is 17.3 Å². The number of H-pyrrole nitrogens is 1. The first-order chi connectivity index (χ1) is 13.9. The van der Waals surface area contributed by atoms with Crippen LogP contribution in [-0.4, -0.2) is 34.0 Å². The highest BCUT2D eigenvalue weighted by molar-refractivity contribution is 6.30. The van der Waals surface area contributed by atoms with Crippen LogP contribution in [0.15, 0.2) is 65.5 Å². The van der Waals surface area contributed by atoms with Crippen molar-refractivity contribution >= 4 is 17.5 Å². The van der Waals surface area contributed by atoms with Crippen LogP contribution in [0.25, 0.3) is 11.3 Å². The molecule has 3 aromatic rings. The maximum Gasteiger partial charge on any atom is 0.261 e. The zero-order valence-electron chi connectivity index (χ0n) is 16.0. The number of aliphatic hydroxyl groups is 1. The molecular weight excluding hydrogens is 388 g/mol. The number of aromatic amines is 1. The van der Waals surface area contributed by atoms with Gasteiger partial charge >= 0.3 is 0 Å². The summed E-state index contributed by atoms with van der Waals surface area (Å²) in [6.45, 7) is 2.53. The van der Waals surface area contributed by atoms with E-state index in [9.17, 15) is 14.7 Å². The van der Waals surface area contributed by atoms with Gasteiger partial charge in [-0.25, -0.2) is 0 Å². The molecule has 1 aliphatic rings. The van der Waals surface area contributed by atoms with Crippen LogP contribution in [0.1, 0.15) is 27.9 Å². The highest BCUT2D eigenvalue weighted by Gasteiger charge is 2.40. The van der Waals surface area contributed by atoms with Crippen LogP contribution in [0.4, 0.5) is 0 Å². The molecule has 1 amide bonds. The van der Waals surface area contributed by atoms with Crippen molar-refractivity contribution in [1.82, 2.24) is 9.88 Å². The van der Waals surface area contributed by atoms with E-state index in [1.165, 1.54) is 11.0 Å². The summed E-state index contributed by atoms with van der Waals surface area (Å²) in [5.74, 6) is -0.378. The van der Waals surface area contributed by atoms with Gasteiger partial charge in [-0.3, -0.25) is 9.59 Å². The summed E-state index contributed by atoms with van der Waals surface area (Å²) in [6, 6.07) is 18.0. The quantitative estimate of drug-likeness (QED) is 0.693. The van der Waals surface area contributed by atoms with Gasteiger partial charge in [0.25, 0.3) is 11.5 Å². The normalized spacial score (nSPS) is 18.8. The van der Waals surface area contributed by atoms with Gasteiger partial charge in [-0.2, -0.15) is 0 Å². The molecule has 0 bridgehead atoms. The monoisotopic (exact) mass is 408 g/mol. The molecule has 2 N–H and O–H groups in total. The Kier molecular flexibility index (Phi) is 5.03. The number of likely N-dealkylation sites (tertiary alicyclic amines) is 1. The van der Waals surface area contributed by atoms with Crippen LogP contribution in [0, 0.1) is 6.92 Å². The zero-order valence-corrected chi connectivity index (χ0v) is 16.7. The number of hydrogen-bond donors (Lipinski definition) is 2. The number of halogens is 1. The molecule has 5 nitrogen and oxygen atoms in total. The van der Waals surface area contributed by atoms with Crippen molar-refractivity contribution in [3.05, 3.63) is 92.7 Å². The molecule has 0 radical (unpaired) electrons. The largest absolute Gasteiger partial charge is 0.383 e. The highest BCUT2D eigenvalue weighted by Crippen LogP contribution is 2.32. The van der Waals surface area contributed by atoms with Crippen LogP contribution in [0.2, 0.25) is 5.02 Å². The lowest BCUT2D eigenvalue weighted by Crippen LogP contribution is -2.36. The number of carbonyl (C=O) groups excluding carboxylic acids is 1. The average molecular weight is 409 g/mol. The van der Waals surface area contributed by atoms with Crippen LogP contribution < -0.4 is 5.56 Å². The molecule has 1 aliphatic heterocycles. The van der Waals surface area contributed by atoms with Crippen LogP contribution >= 0.6 is 11.6 Å². The van der Waals surface area contributed by atoms with Crippen molar-refractivity contribution in [3.8, 4) is 11.3 Å². The number of nitrogens with one attached hydrogen (secondary N) is 1. The first-order valence-corrected chi connectivity index (χ1v) is 9.82. The molecule has 0 saturated carbocycles. The lowest BCUT2D eigenvalue weighted by atomic mass is 9.92. The minimum absolute atomic E-state index is 0.0656. The zero-order chi connectivity index (χ0) is 20.6. The Balaban J connectivity index is 1.55. The van der Waals surface area contributed by atoms with Crippen molar-refractivity contribution in [2.24, 2.45) is 0 Å². The topological polar surface area (TPSA) is 73.4 Å². The number of aromatic nitrogens is 1. The molecule has 2 heterocycles. The van der Waals surface area contributed by atoms with E-state index in [0.29, 0.717) is 23.7 Å². The van der Waals surface area contributed by atoms with Gasteiger partial charge in [0.05, 0.1) is 6.54 Å². The van der Waals surface area contributed by atoms with Crippen molar-refractivity contribution in [2.75, 3.05) is 13.1 Å². The van der Waals surface area contributed by atoms with Crippen molar-refractivity contribution < 1.29 is 9.90 Å². The molecule has 1 fully saturated rings. The van der Waals surface area contributed by atoms with Crippen molar-refractivity contribution in [1.29, 1.82) is 0 Å². The first kappa shape index (κ1) is 19.4. The van der Waals surface area contributed by atoms with E-state index in [0.717, 1.165) is 16.7 Å². The number of β-amino-alcohol motifs (C(OH)–C–C–N with tert-alkyl or cyclic N) is 1. The van der Waals surface area contributed by atoms with Gasteiger partial charge < -0.3 is 15.0 Å². The molecular formula is C23H21ClN2O3. The van der Waals surface area contributed by atoms with E-state index in [1.54, 1.807) is 30.3 Å². The number of hydrogen-bond acceptors (Lipinski definition) is 3. The van der Waals surface area contributed by atoms with Crippen LogP contribution in [0.3, 0.4) is 0 Å². The summed E-state index contributed by atoms with van der Waals surface area (Å²) in [4.78, 5) is 29.8. The van der Waals surface area contributed by atoms with Crippen LogP contribution in [0.5, 0.6) is 0 Å². The smallest absolute Gasteiger partial charge is 0.261 e. The summed E-state index contributed by atoms with van der Waals surface area (Å²) < 4.78 is 0. The number of nitrogens with zero attached hydrogens (tertiary/aromatic N) is 1. The van der Waals surface area contributed by atoms with E-state index in [-0.39, 0.29) is 18.0 Å². The van der Waals surface area contributed by atoms with Gasteiger partial charge in [-0.15, -0.1) is 0 Å². The Hall–Kier alpha value is -2.89. The van der Waals surface area contributed by atoms with E-state index in [2.05, 4.69) is 4.98 Å². The molecule has 0 aliphatic carbocycles. The number of carbonyl (C=O) groups is 1. The Morgan fingerprint density at radius 3 is 2.41 bits per heavy atom. The minimum atomic E-state index is -1.10. The maximum absolute atomic E-state index is 12.9. The van der Waals surface area contributed by atoms with E-state index in [4.69, 9.17) is 11.6 Å².